The van der Waals surface area contributed by atoms with E-state index in [1.165, 1.54) is 0 Å². The van der Waals surface area contributed by atoms with Crippen molar-refractivity contribution in [2.75, 3.05) is 13.1 Å². The minimum Gasteiger partial charge on any atom is -0.338 e. The second kappa shape index (κ2) is 3.83. The zero-order valence-electron chi connectivity index (χ0n) is 10.7. The third kappa shape index (κ3) is 1.88. The number of nitrogens with one attached hydrogen (secondary N) is 1. The molecule has 1 N–H and O–H groups in total. The molecule has 4 heteroatoms. The fraction of sp³-hybridized carbons (Fsp3) is 0.429. The molecule has 3 rings (SSSR count). The summed E-state index contributed by atoms with van der Waals surface area (Å²) in [5.41, 5.74) is 1.90. The lowest BCUT2D eigenvalue weighted by Crippen LogP contribution is -2.30. The van der Waals surface area contributed by atoms with Crippen LogP contribution < -0.4 is 0 Å². The van der Waals surface area contributed by atoms with Gasteiger partial charge < -0.3 is 4.90 Å². The molecule has 1 aliphatic rings. The zero-order valence-corrected chi connectivity index (χ0v) is 10.7. The molecule has 1 aromatic carbocycles. The summed E-state index contributed by atoms with van der Waals surface area (Å²) >= 11 is 0. The van der Waals surface area contributed by atoms with Crippen LogP contribution >= 0.6 is 0 Å². The van der Waals surface area contributed by atoms with Crippen molar-refractivity contribution in [3.8, 4) is 0 Å². The largest absolute Gasteiger partial charge is 0.338 e. The number of hydrogen-bond acceptors (Lipinski definition) is 2. The van der Waals surface area contributed by atoms with Gasteiger partial charge >= 0.3 is 0 Å². The first kappa shape index (κ1) is 11.3. The lowest BCUT2D eigenvalue weighted by molar-refractivity contribution is 0.0778. The van der Waals surface area contributed by atoms with E-state index in [0.717, 1.165) is 36.0 Å². The molecule has 0 unspecified atom stereocenters. The van der Waals surface area contributed by atoms with Gasteiger partial charge in [-0.2, -0.15) is 5.10 Å². The number of aromatic amines is 1. The van der Waals surface area contributed by atoms with E-state index in [0.29, 0.717) is 0 Å². The minimum absolute atomic E-state index is 0.122. The van der Waals surface area contributed by atoms with E-state index in [1.807, 2.05) is 23.1 Å². The summed E-state index contributed by atoms with van der Waals surface area (Å²) in [5, 5.41) is 7.91. The third-order valence-electron chi connectivity index (χ3n) is 3.65. The molecule has 0 bridgehead atoms. The van der Waals surface area contributed by atoms with Crippen molar-refractivity contribution in [3.05, 3.63) is 30.0 Å². The van der Waals surface area contributed by atoms with Gasteiger partial charge in [0, 0.05) is 24.0 Å². The van der Waals surface area contributed by atoms with E-state index in [-0.39, 0.29) is 11.3 Å². The van der Waals surface area contributed by atoms with Crippen molar-refractivity contribution in [1.82, 2.24) is 15.1 Å². The van der Waals surface area contributed by atoms with Crippen LogP contribution in [0.4, 0.5) is 0 Å². The number of carbonyl (C=O) groups excluding carboxylic acids is 1. The third-order valence-corrected chi connectivity index (χ3v) is 3.65. The maximum atomic E-state index is 12.4. The number of aromatic nitrogens is 2. The van der Waals surface area contributed by atoms with Gasteiger partial charge in [-0.1, -0.05) is 19.9 Å². The number of hydrogen-bond donors (Lipinski definition) is 1. The first-order chi connectivity index (χ1) is 8.55. The summed E-state index contributed by atoms with van der Waals surface area (Å²) in [6.07, 6.45) is 2.84. The maximum absolute atomic E-state index is 12.4. The first-order valence-electron chi connectivity index (χ1n) is 6.28. The highest BCUT2D eigenvalue weighted by Gasteiger charge is 2.32. The molecular formula is C14H17N3O. The fourth-order valence-corrected chi connectivity index (χ4v) is 2.54. The Balaban J connectivity index is 1.88. The average Bonchev–Trinajstić information content (AvgIpc) is 2.93. The van der Waals surface area contributed by atoms with Gasteiger partial charge in [0.25, 0.3) is 5.91 Å². The van der Waals surface area contributed by atoms with Crippen molar-refractivity contribution < 1.29 is 4.79 Å². The van der Waals surface area contributed by atoms with E-state index in [2.05, 4.69) is 24.0 Å². The van der Waals surface area contributed by atoms with E-state index in [4.69, 9.17) is 0 Å². The maximum Gasteiger partial charge on any atom is 0.253 e. The summed E-state index contributed by atoms with van der Waals surface area (Å²) in [5.74, 6) is 0.122. The van der Waals surface area contributed by atoms with Crippen molar-refractivity contribution in [3.63, 3.8) is 0 Å². The van der Waals surface area contributed by atoms with Gasteiger partial charge in [-0.15, -0.1) is 0 Å². The van der Waals surface area contributed by atoms with E-state index in [9.17, 15) is 4.79 Å². The van der Waals surface area contributed by atoms with Crippen LogP contribution in [-0.4, -0.2) is 34.1 Å². The Hall–Kier alpha value is -1.84. The van der Waals surface area contributed by atoms with Gasteiger partial charge in [-0.3, -0.25) is 9.89 Å². The van der Waals surface area contributed by atoms with E-state index in [1.54, 1.807) is 6.20 Å². The highest BCUT2D eigenvalue weighted by molar-refractivity contribution is 5.97. The molecule has 1 fully saturated rings. The lowest BCUT2D eigenvalue weighted by Gasteiger charge is -2.19. The number of fused-ring (bicyclic) bond motifs is 1. The van der Waals surface area contributed by atoms with Gasteiger partial charge in [0.2, 0.25) is 0 Å². The Morgan fingerprint density at radius 2 is 2.28 bits per heavy atom. The fourth-order valence-electron chi connectivity index (χ4n) is 2.54. The molecule has 0 atom stereocenters. The molecule has 18 heavy (non-hydrogen) atoms. The summed E-state index contributed by atoms with van der Waals surface area (Å²) in [7, 11) is 0. The van der Waals surface area contributed by atoms with Crippen LogP contribution in [0.15, 0.2) is 24.4 Å². The predicted molar refractivity (Wildman–Crippen MR) is 70.4 cm³/mol. The molecule has 0 radical (unpaired) electrons. The van der Waals surface area contributed by atoms with Crippen LogP contribution in [0.5, 0.6) is 0 Å². The van der Waals surface area contributed by atoms with Gasteiger partial charge in [-0.05, 0) is 24.0 Å². The summed E-state index contributed by atoms with van der Waals surface area (Å²) in [6.45, 7) is 6.11. The van der Waals surface area contributed by atoms with Crippen LogP contribution in [0.1, 0.15) is 30.6 Å². The monoisotopic (exact) mass is 243 g/mol. The number of benzene rings is 1. The molecule has 1 aliphatic heterocycles. The molecule has 1 aromatic heterocycles. The Bertz CT molecular complexity index is 600. The normalized spacial score (nSPS) is 18.4. The molecule has 0 aliphatic carbocycles. The van der Waals surface area contributed by atoms with Crippen molar-refractivity contribution in [2.24, 2.45) is 5.41 Å². The van der Waals surface area contributed by atoms with Crippen molar-refractivity contribution in [2.45, 2.75) is 20.3 Å². The van der Waals surface area contributed by atoms with Gasteiger partial charge in [0.05, 0.1) is 11.7 Å². The van der Waals surface area contributed by atoms with E-state index >= 15 is 0 Å². The topological polar surface area (TPSA) is 49.0 Å². The Morgan fingerprint density at radius 3 is 3.00 bits per heavy atom. The van der Waals surface area contributed by atoms with Crippen LogP contribution in [0, 0.1) is 5.41 Å². The number of H-pyrrole nitrogens is 1. The van der Waals surface area contributed by atoms with Gasteiger partial charge in [0.15, 0.2) is 0 Å². The molecular weight excluding hydrogens is 226 g/mol. The number of nitrogens with zero attached hydrogens (tertiary/aromatic N) is 2. The quantitative estimate of drug-likeness (QED) is 0.836. The minimum atomic E-state index is 0.122. The average molecular weight is 243 g/mol. The first-order valence-corrected chi connectivity index (χ1v) is 6.28. The molecule has 1 saturated heterocycles. The molecule has 2 heterocycles. The second-order valence-corrected chi connectivity index (χ2v) is 5.81. The van der Waals surface area contributed by atoms with Crippen LogP contribution in [-0.2, 0) is 0 Å². The Labute approximate surface area is 106 Å². The molecule has 4 nitrogen and oxygen atoms in total. The highest BCUT2D eigenvalue weighted by atomic mass is 16.2. The number of rotatable bonds is 1. The SMILES string of the molecule is CC1(C)CCN(C(=O)c2ccc3cn[nH]c3c2)C1. The summed E-state index contributed by atoms with van der Waals surface area (Å²) in [4.78, 5) is 14.3. The molecule has 1 amide bonds. The second-order valence-electron chi connectivity index (χ2n) is 5.81. The molecule has 0 saturated carbocycles. The Morgan fingerprint density at radius 1 is 1.44 bits per heavy atom. The number of amides is 1. The number of likely N-dealkylation sites (tertiary alicyclic amines) is 1. The Kier molecular flexibility index (Phi) is 2.40. The van der Waals surface area contributed by atoms with Crippen LogP contribution in [0.3, 0.4) is 0 Å². The standard InChI is InChI=1S/C14H17N3O/c1-14(2)5-6-17(9-14)13(18)10-3-4-11-8-15-16-12(11)7-10/h3-4,7-8H,5-6,9H2,1-2H3,(H,15,16). The summed E-state index contributed by atoms with van der Waals surface area (Å²) < 4.78 is 0. The smallest absolute Gasteiger partial charge is 0.253 e. The van der Waals surface area contributed by atoms with Gasteiger partial charge in [0.1, 0.15) is 0 Å². The lowest BCUT2D eigenvalue weighted by atomic mass is 9.93. The molecule has 0 spiro atoms. The molecule has 94 valence electrons. The van der Waals surface area contributed by atoms with E-state index < -0.39 is 0 Å². The van der Waals surface area contributed by atoms with Crippen LogP contribution in [0.25, 0.3) is 10.9 Å². The highest BCUT2D eigenvalue weighted by Crippen LogP contribution is 2.30. The van der Waals surface area contributed by atoms with Crippen molar-refractivity contribution in [1.29, 1.82) is 0 Å². The number of carbonyl (C=O) groups is 1. The zero-order chi connectivity index (χ0) is 12.8. The van der Waals surface area contributed by atoms with Crippen LogP contribution in [0.2, 0.25) is 0 Å². The predicted octanol–water partition coefficient (Wildman–Crippen LogP) is 2.44. The van der Waals surface area contributed by atoms with Gasteiger partial charge in [-0.25, -0.2) is 0 Å². The van der Waals surface area contributed by atoms with Crippen molar-refractivity contribution >= 4 is 16.8 Å². The summed E-state index contributed by atoms with van der Waals surface area (Å²) in [6, 6.07) is 5.70. The molecule has 2 aromatic rings.